The Kier molecular flexibility index (Phi) is 4.60. The van der Waals surface area contributed by atoms with Crippen LogP contribution in [-0.2, 0) is 16.0 Å². The number of anilines is 1. The van der Waals surface area contributed by atoms with E-state index in [0.29, 0.717) is 22.3 Å². The van der Waals surface area contributed by atoms with Crippen molar-refractivity contribution in [2.75, 3.05) is 5.73 Å². The summed E-state index contributed by atoms with van der Waals surface area (Å²) in [5, 5.41) is 18.5. The maximum atomic E-state index is 11.8. The van der Waals surface area contributed by atoms with Gasteiger partial charge in [-0.15, -0.1) is 0 Å². The number of nitrogens with two attached hydrogens (primary N) is 1. The van der Waals surface area contributed by atoms with Gasteiger partial charge in [0.25, 0.3) is 0 Å². The SMILES string of the molecule is Cc1c(CC(=O)OC(C)(C)C)cc(N)cc1B(O)O. The number of nitrogen functional groups attached to an aromatic ring is 1. The molecule has 0 aliphatic rings. The molecule has 19 heavy (non-hydrogen) atoms. The first kappa shape index (κ1) is 15.5. The predicted octanol–water partition coefficient (Wildman–Crippen LogP) is 0.141. The van der Waals surface area contributed by atoms with E-state index in [2.05, 4.69) is 0 Å². The number of ether oxygens (including phenoxy) is 1. The van der Waals surface area contributed by atoms with Crippen molar-refractivity contribution in [3.05, 3.63) is 23.3 Å². The Morgan fingerprint density at radius 3 is 2.42 bits per heavy atom. The average molecular weight is 265 g/mol. The lowest BCUT2D eigenvalue weighted by atomic mass is 9.75. The molecule has 0 fully saturated rings. The lowest BCUT2D eigenvalue weighted by Gasteiger charge is -2.20. The van der Waals surface area contributed by atoms with Gasteiger partial charge in [0.05, 0.1) is 6.42 Å². The number of rotatable bonds is 3. The van der Waals surface area contributed by atoms with Crippen LogP contribution in [0.2, 0.25) is 0 Å². The molecule has 0 radical (unpaired) electrons. The molecule has 0 saturated heterocycles. The molecule has 1 aromatic rings. The summed E-state index contributed by atoms with van der Waals surface area (Å²) in [5.41, 5.74) is 7.10. The fourth-order valence-electron chi connectivity index (χ4n) is 1.81. The van der Waals surface area contributed by atoms with Gasteiger partial charge >= 0.3 is 13.1 Å². The van der Waals surface area contributed by atoms with Crippen molar-refractivity contribution in [1.29, 1.82) is 0 Å². The summed E-state index contributed by atoms with van der Waals surface area (Å²) >= 11 is 0. The molecule has 0 saturated carbocycles. The van der Waals surface area contributed by atoms with Crippen molar-refractivity contribution >= 4 is 24.2 Å². The largest absolute Gasteiger partial charge is 0.488 e. The first-order valence-electron chi connectivity index (χ1n) is 6.07. The van der Waals surface area contributed by atoms with Crippen molar-refractivity contribution < 1.29 is 19.6 Å². The van der Waals surface area contributed by atoms with E-state index >= 15 is 0 Å². The molecule has 0 spiro atoms. The van der Waals surface area contributed by atoms with E-state index in [1.54, 1.807) is 33.8 Å². The molecular weight excluding hydrogens is 245 g/mol. The molecule has 0 heterocycles. The maximum absolute atomic E-state index is 11.8. The number of benzene rings is 1. The van der Waals surface area contributed by atoms with Gasteiger partial charge in [0, 0.05) is 5.69 Å². The molecule has 0 bridgehead atoms. The smallest absolute Gasteiger partial charge is 0.460 e. The first-order chi connectivity index (χ1) is 8.60. The normalized spacial score (nSPS) is 11.3. The third-order valence-electron chi connectivity index (χ3n) is 2.61. The molecule has 0 aliphatic carbocycles. The van der Waals surface area contributed by atoms with Gasteiger partial charge in [-0.2, -0.15) is 0 Å². The number of hydrogen-bond acceptors (Lipinski definition) is 5. The van der Waals surface area contributed by atoms with Crippen molar-refractivity contribution in [1.82, 2.24) is 0 Å². The molecule has 4 N–H and O–H groups in total. The van der Waals surface area contributed by atoms with E-state index < -0.39 is 12.7 Å². The van der Waals surface area contributed by atoms with Crippen LogP contribution in [0.4, 0.5) is 5.69 Å². The van der Waals surface area contributed by atoms with Crippen LogP contribution in [0.25, 0.3) is 0 Å². The molecule has 0 aromatic heterocycles. The maximum Gasteiger partial charge on any atom is 0.488 e. The minimum absolute atomic E-state index is 0.0495. The van der Waals surface area contributed by atoms with Crippen LogP contribution in [0.15, 0.2) is 12.1 Å². The molecule has 0 unspecified atom stereocenters. The average Bonchev–Trinajstić information content (AvgIpc) is 2.19. The molecule has 104 valence electrons. The summed E-state index contributed by atoms with van der Waals surface area (Å²) < 4.78 is 5.23. The minimum atomic E-state index is -1.61. The summed E-state index contributed by atoms with van der Waals surface area (Å²) in [5.74, 6) is -0.375. The third-order valence-corrected chi connectivity index (χ3v) is 2.61. The number of carbonyl (C=O) groups is 1. The zero-order valence-electron chi connectivity index (χ0n) is 11.7. The minimum Gasteiger partial charge on any atom is -0.460 e. The van der Waals surface area contributed by atoms with E-state index in [1.165, 1.54) is 6.07 Å². The predicted molar refractivity (Wildman–Crippen MR) is 75.0 cm³/mol. The lowest BCUT2D eigenvalue weighted by Crippen LogP contribution is -2.34. The van der Waals surface area contributed by atoms with Crippen molar-refractivity contribution in [2.45, 2.75) is 39.7 Å². The van der Waals surface area contributed by atoms with Crippen molar-refractivity contribution in [3.63, 3.8) is 0 Å². The standard InChI is InChI=1S/C13H20BNO4/c1-8-9(6-12(16)19-13(2,3)4)5-10(15)7-11(8)14(17)18/h5,7,17-18H,6,15H2,1-4H3. The van der Waals surface area contributed by atoms with Gasteiger partial charge in [-0.05, 0) is 56.4 Å². The zero-order valence-corrected chi connectivity index (χ0v) is 11.7. The summed E-state index contributed by atoms with van der Waals surface area (Å²) in [6.45, 7) is 7.09. The highest BCUT2D eigenvalue weighted by Crippen LogP contribution is 2.15. The molecule has 0 atom stereocenters. The lowest BCUT2D eigenvalue weighted by molar-refractivity contribution is -0.153. The van der Waals surface area contributed by atoms with E-state index in [0.717, 1.165) is 0 Å². The van der Waals surface area contributed by atoms with Gasteiger partial charge in [0.1, 0.15) is 5.60 Å². The Hall–Kier alpha value is -1.53. The molecule has 6 heteroatoms. The van der Waals surface area contributed by atoms with E-state index in [-0.39, 0.29) is 12.4 Å². The Morgan fingerprint density at radius 1 is 1.37 bits per heavy atom. The quantitative estimate of drug-likeness (QED) is 0.410. The van der Waals surface area contributed by atoms with E-state index in [9.17, 15) is 14.8 Å². The number of carbonyl (C=O) groups excluding carboxylic acids is 1. The van der Waals surface area contributed by atoms with Crippen LogP contribution >= 0.6 is 0 Å². The van der Waals surface area contributed by atoms with Gasteiger partial charge in [-0.25, -0.2) is 0 Å². The second kappa shape index (κ2) is 5.63. The van der Waals surface area contributed by atoms with Gasteiger partial charge < -0.3 is 20.5 Å². The van der Waals surface area contributed by atoms with Crippen LogP contribution in [0.3, 0.4) is 0 Å². The summed E-state index contributed by atoms with van der Waals surface area (Å²) in [4.78, 5) is 11.8. The number of esters is 1. The summed E-state index contributed by atoms with van der Waals surface area (Å²) in [6.07, 6.45) is 0.0495. The van der Waals surface area contributed by atoms with Gasteiger partial charge in [-0.3, -0.25) is 4.79 Å². The molecular formula is C13H20BNO4. The molecule has 0 amide bonds. The number of hydrogen-bond donors (Lipinski definition) is 3. The molecule has 5 nitrogen and oxygen atoms in total. The highest BCUT2D eigenvalue weighted by Gasteiger charge is 2.21. The Balaban J connectivity index is 2.99. The summed E-state index contributed by atoms with van der Waals surface area (Å²) in [6, 6.07) is 3.13. The topological polar surface area (TPSA) is 92.8 Å². The second-order valence-corrected chi connectivity index (χ2v) is 5.53. The van der Waals surface area contributed by atoms with Crippen LogP contribution in [0, 0.1) is 6.92 Å². The van der Waals surface area contributed by atoms with Gasteiger partial charge in [-0.1, -0.05) is 0 Å². The fraction of sp³-hybridized carbons (Fsp3) is 0.462. The van der Waals surface area contributed by atoms with Crippen LogP contribution < -0.4 is 11.2 Å². The second-order valence-electron chi connectivity index (χ2n) is 5.53. The summed E-state index contributed by atoms with van der Waals surface area (Å²) in [7, 11) is -1.61. The Labute approximate surface area is 113 Å². The van der Waals surface area contributed by atoms with Crippen LogP contribution in [-0.4, -0.2) is 28.7 Å². The third kappa shape index (κ3) is 4.57. The molecule has 1 rings (SSSR count). The first-order valence-corrected chi connectivity index (χ1v) is 6.07. The molecule has 1 aromatic carbocycles. The monoisotopic (exact) mass is 265 g/mol. The van der Waals surface area contributed by atoms with Gasteiger partial charge in [0.2, 0.25) is 0 Å². The van der Waals surface area contributed by atoms with Crippen molar-refractivity contribution in [3.8, 4) is 0 Å². The van der Waals surface area contributed by atoms with E-state index in [1.807, 2.05) is 0 Å². The highest BCUT2D eigenvalue weighted by atomic mass is 16.6. The Bertz CT molecular complexity index is 480. The zero-order chi connectivity index (χ0) is 14.8. The highest BCUT2D eigenvalue weighted by molar-refractivity contribution is 6.59. The van der Waals surface area contributed by atoms with Crippen LogP contribution in [0.1, 0.15) is 31.9 Å². The van der Waals surface area contributed by atoms with Crippen LogP contribution in [0.5, 0.6) is 0 Å². The Morgan fingerprint density at radius 2 is 1.95 bits per heavy atom. The fourth-order valence-corrected chi connectivity index (χ4v) is 1.81. The van der Waals surface area contributed by atoms with Gasteiger partial charge in [0.15, 0.2) is 0 Å². The van der Waals surface area contributed by atoms with Crippen molar-refractivity contribution in [2.24, 2.45) is 0 Å². The van der Waals surface area contributed by atoms with E-state index in [4.69, 9.17) is 10.5 Å². The molecule has 0 aliphatic heterocycles.